The van der Waals surface area contributed by atoms with Crippen LogP contribution in [0.4, 0.5) is 0 Å². The van der Waals surface area contributed by atoms with Crippen LogP contribution in [-0.4, -0.2) is 23.1 Å². The molecule has 0 fully saturated rings. The topological polar surface area (TPSA) is 66.8 Å². The minimum atomic E-state index is -0.117. The smallest absolute Gasteiger partial charge is 0.166 e. The number of hydrogen-bond acceptors (Lipinski definition) is 4. The van der Waals surface area contributed by atoms with Crippen molar-refractivity contribution < 1.29 is 19.7 Å². The number of carbonyl (C=O) groups is 1. The van der Waals surface area contributed by atoms with Crippen molar-refractivity contribution in [3.05, 3.63) is 76.4 Å². The van der Waals surface area contributed by atoms with E-state index in [1.165, 1.54) is 11.1 Å². The molecule has 0 atom stereocenters. The zero-order chi connectivity index (χ0) is 22.1. The highest BCUT2D eigenvalue weighted by Crippen LogP contribution is 2.33. The lowest BCUT2D eigenvalue weighted by Crippen LogP contribution is -2.04. The van der Waals surface area contributed by atoms with Gasteiger partial charge in [0.15, 0.2) is 5.78 Å². The Morgan fingerprint density at radius 1 is 0.967 bits per heavy atom. The van der Waals surface area contributed by atoms with Crippen molar-refractivity contribution in [1.29, 1.82) is 0 Å². The molecule has 2 aromatic rings. The summed E-state index contributed by atoms with van der Waals surface area (Å²) in [6, 6.07) is 10.2. The van der Waals surface area contributed by atoms with E-state index in [-0.39, 0.29) is 23.7 Å². The van der Waals surface area contributed by atoms with Crippen LogP contribution in [0.15, 0.2) is 59.7 Å². The van der Waals surface area contributed by atoms with Gasteiger partial charge in [0.05, 0.1) is 12.7 Å². The van der Waals surface area contributed by atoms with E-state index in [0.717, 1.165) is 18.4 Å². The van der Waals surface area contributed by atoms with E-state index in [2.05, 4.69) is 32.9 Å². The fourth-order valence-corrected chi connectivity index (χ4v) is 3.25. The summed E-state index contributed by atoms with van der Waals surface area (Å²) in [6.07, 6.45) is 7.58. The number of carbonyl (C=O) groups excluding carboxylic acids is 1. The van der Waals surface area contributed by atoms with Crippen LogP contribution in [0, 0.1) is 0 Å². The average Bonchev–Trinajstić information content (AvgIpc) is 2.71. The van der Waals surface area contributed by atoms with Gasteiger partial charge in [-0.25, -0.2) is 0 Å². The molecule has 2 N–H and O–H groups in total. The van der Waals surface area contributed by atoms with Crippen molar-refractivity contribution in [2.24, 2.45) is 0 Å². The first-order chi connectivity index (χ1) is 14.3. The average molecular weight is 409 g/mol. The third-order valence-corrected chi connectivity index (χ3v) is 5.08. The lowest BCUT2D eigenvalue weighted by Gasteiger charge is -2.13. The molecule has 0 bridgehead atoms. The van der Waals surface area contributed by atoms with Gasteiger partial charge >= 0.3 is 0 Å². The molecule has 0 heterocycles. The quantitative estimate of drug-likeness (QED) is 0.365. The fraction of sp³-hybridized carbons (Fsp3) is 0.346. The number of hydrogen-bond donors (Lipinski definition) is 2. The highest BCUT2D eigenvalue weighted by Gasteiger charge is 2.18. The van der Waals surface area contributed by atoms with Crippen molar-refractivity contribution >= 4 is 5.78 Å². The Morgan fingerprint density at radius 3 is 2.30 bits per heavy atom. The number of benzene rings is 2. The van der Waals surface area contributed by atoms with Gasteiger partial charge in [-0.15, -0.1) is 0 Å². The van der Waals surface area contributed by atoms with Crippen molar-refractivity contribution in [2.75, 3.05) is 7.11 Å². The number of Topliss-reactive ketones (excluding diaryl/α,β-unsaturated/α-hetero) is 1. The number of aromatic hydroxyl groups is 2. The molecule has 0 saturated carbocycles. The molecule has 160 valence electrons. The summed E-state index contributed by atoms with van der Waals surface area (Å²) in [5, 5.41) is 20.2. The Kier molecular flexibility index (Phi) is 8.72. The SMILES string of the molecule is COc1ccc(C(=O)CCc2ccc(O)cc2)c(O)c1CC=C(C)CCC=C(C)C. The molecule has 4 nitrogen and oxygen atoms in total. The molecule has 0 saturated heterocycles. The van der Waals surface area contributed by atoms with Gasteiger partial charge in [0.1, 0.15) is 17.2 Å². The Hall–Kier alpha value is -3.01. The van der Waals surface area contributed by atoms with Crippen LogP contribution >= 0.6 is 0 Å². The molecule has 0 aliphatic rings. The number of ketones is 1. The van der Waals surface area contributed by atoms with E-state index < -0.39 is 0 Å². The molecule has 0 spiro atoms. The highest BCUT2D eigenvalue weighted by atomic mass is 16.5. The number of phenolic OH excluding ortho intramolecular Hbond substituents is 2. The van der Waals surface area contributed by atoms with Gasteiger partial charge in [0.2, 0.25) is 0 Å². The van der Waals surface area contributed by atoms with E-state index in [4.69, 9.17) is 4.74 Å². The molecule has 2 rings (SSSR count). The van der Waals surface area contributed by atoms with Gasteiger partial charge in [-0.1, -0.05) is 35.4 Å². The number of rotatable bonds is 10. The van der Waals surface area contributed by atoms with E-state index in [9.17, 15) is 15.0 Å². The Balaban J connectivity index is 2.13. The van der Waals surface area contributed by atoms with Crippen molar-refractivity contribution in [3.63, 3.8) is 0 Å². The minimum absolute atomic E-state index is 0.00148. The van der Waals surface area contributed by atoms with E-state index in [1.54, 1.807) is 43.5 Å². The number of allylic oxidation sites excluding steroid dienone is 4. The largest absolute Gasteiger partial charge is 0.508 e. The lowest BCUT2D eigenvalue weighted by atomic mass is 9.97. The van der Waals surface area contributed by atoms with Crippen LogP contribution in [0.5, 0.6) is 17.2 Å². The van der Waals surface area contributed by atoms with Crippen LogP contribution in [0.1, 0.15) is 61.5 Å². The second kappa shape index (κ2) is 11.2. The molecule has 30 heavy (non-hydrogen) atoms. The Morgan fingerprint density at radius 2 is 1.67 bits per heavy atom. The summed E-state index contributed by atoms with van der Waals surface area (Å²) in [5.74, 6) is 0.662. The predicted molar refractivity (Wildman–Crippen MR) is 122 cm³/mol. The minimum Gasteiger partial charge on any atom is -0.508 e. The van der Waals surface area contributed by atoms with Crippen LogP contribution in [0.3, 0.4) is 0 Å². The van der Waals surface area contributed by atoms with Crippen molar-refractivity contribution in [3.8, 4) is 17.2 Å². The fourth-order valence-electron chi connectivity index (χ4n) is 3.25. The molecule has 2 aromatic carbocycles. The van der Waals surface area contributed by atoms with Gasteiger partial charge in [0, 0.05) is 12.0 Å². The second-order valence-corrected chi connectivity index (χ2v) is 7.81. The summed E-state index contributed by atoms with van der Waals surface area (Å²) < 4.78 is 5.41. The molecular formula is C26H32O4. The van der Waals surface area contributed by atoms with Crippen LogP contribution in [0.2, 0.25) is 0 Å². The molecule has 0 radical (unpaired) electrons. The van der Waals surface area contributed by atoms with Gasteiger partial charge in [-0.3, -0.25) is 4.79 Å². The molecule has 0 aromatic heterocycles. The van der Waals surface area contributed by atoms with Crippen molar-refractivity contribution in [1.82, 2.24) is 0 Å². The third-order valence-electron chi connectivity index (χ3n) is 5.08. The summed E-state index contributed by atoms with van der Waals surface area (Å²) in [7, 11) is 1.57. The Labute approximate surface area is 179 Å². The predicted octanol–water partition coefficient (Wildman–Crippen LogP) is 6.16. The highest BCUT2D eigenvalue weighted by molar-refractivity contribution is 5.99. The maximum Gasteiger partial charge on any atom is 0.166 e. The first-order valence-electron chi connectivity index (χ1n) is 10.3. The molecule has 0 unspecified atom stereocenters. The summed E-state index contributed by atoms with van der Waals surface area (Å²) in [4.78, 5) is 12.7. The summed E-state index contributed by atoms with van der Waals surface area (Å²) in [6.45, 7) is 6.26. The number of ether oxygens (including phenoxy) is 1. The zero-order valence-electron chi connectivity index (χ0n) is 18.4. The first kappa shape index (κ1) is 23.3. The van der Waals surface area contributed by atoms with Crippen LogP contribution in [-0.2, 0) is 12.8 Å². The normalized spacial score (nSPS) is 11.3. The Bertz CT molecular complexity index is 917. The van der Waals surface area contributed by atoms with Gasteiger partial charge in [0.25, 0.3) is 0 Å². The number of methoxy groups -OCH3 is 1. The summed E-state index contributed by atoms with van der Waals surface area (Å²) >= 11 is 0. The first-order valence-corrected chi connectivity index (χ1v) is 10.3. The monoisotopic (exact) mass is 408 g/mol. The molecule has 0 amide bonds. The molecule has 0 aliphatic heterocycles. The van der Waals surface area contributed by atoms with Crippen LogP contribution < -0.4 is 4.74 Å². The van der Waals surface area contributed by atoms with Gasteiger partial charge in [-0.05, 0) is 76.3 Å². The van der Waals surface area contributed by atoms with Crippen molar-refractivity contribution in [2.45, 2.75) is 52.9 Å². The third kappa shape index (κ3) is 6.80. The second-order valence-electron chi connectivity index (χ2n) is 7.81. The molecule has 4 heteroatoms. The maximum atomic E-state index is 12.7. The molecular weight excluding hydrogens is 376 g/mol. The van der Waals surface area contributed by atoms with Crippen LogP contribution in [0.25, 0.3) is 0 Å². The summed E-state index contributed by atoms with van der Waals surface area (Å²) in [5.41, 5.74) is 4.46. The van der Waals surface area contributed by atoms with E-state index in [1.807, 2.05) is 0 Å². The number of phenols is 2. The number of aryl methyl sites for hydroxylation is 1. The molecule has 0 aliphatic carbocycles. The van der Waals surface area contributed by atoms with E-state index in [0.29, 0.717) is 29.7 Å². The standard InChI is InChI=1S/C26H32O4/c1-18(2)6-5-7-19(3)8-14-23-25(30-4)17-15-22(26(23)29)24(28)16-11-20-9-12-21(27)13-10-20/h6,8-10,12-13,15,17,27,29H,5,7,11,14,16H2,1-4H3. The van der Waals surface area contributed by atoms with Gasteiger partial charge in [-0.2, -0.15) is 0 Å². The lowest BCUT2D eigenvalue weighted by molar-refractivity contribution is 0.0980. The van der Waals surface area contributed by atoms with E-state index >= 15 is 0 Å². The zero-order valence-corrected chi connectivity index (χ0v) is 18.4. The maximum absolute atomic E-state index is 12.7. The van der Waals surface area contributed by atoms with Gasteiger partial charge < -0.3 is 14.9 Å².